The minimum absolute atomic E-state index is 0. The van der Waals surface area contributed by atoms with E-state index in [9.17, 15) is 9.59 Å². The first-order valence-electron chi connectivity index (χ1n) is 9.94. The van der Waals surface area contributed by atoms with Gasteiger partial charge in [0.1, 0.15) is 5.75 Å². The number of aryl methyl sites for hydroxylation is 1. The van der Waals surface area contributed by atoms with Crippen molar-refractivity contribution in [2.24, 2.45) is 5.41 Å². The van der Waals surface area contributed by atoms with Crippen LogP contribution in [-0.4, -0.2) is 81.7 Å². The molecule has 29 heavy (non-hydrogen) atoms. The summed E-state index contributed by atoms with van der Waals surface area (Å²) in [5, 5.41) is 3.32. The number of carbonyl (C=O) groups is 2. The van der Waals surface area contributed by atoms with E-state index in [-0.39, 0.29) is 24.2 Å². The Morgan fingerprint density at radius 2 is 1.69 bits per heavy atom. The van der Waals surface area contributed by atoms with Gasteiger partial charge >= 0.3 is 0 Å². The molecule has 2 fully saturated rings. The summed E-state index contributed by atoms with van der Waals surface area (Å²) in [7, 11) is 3.27. The highest BCUT2D eigenvalue weighted by Crippen LogP contribution is 2.32. The van der Waals surface area contributed by atoms with Crippen LogP contribution in [0.3, 0.4) is 0 Å². The maximum Gasteiger partial charge on any atom is 0.254 e. The van der Waals surface area contributed by atoms with E-state index in [0.29, 0.717) is 44.1 Å². The van der Waals surface area contributed by atoms with Crippen LogP contribution < -0.4 is 10.1 Å². The zero-order chi connectivity index (χ0) is 20.1. The van der Waals surface area contributed by atoms with E-state index >= 15 is 0 Å². The molecule has 0 aliphatic carbocycles. The molecule has 8 heteroatoms. The predicted octanol–water partition coefficient (Wildman–Crippen LogP) is 1.73. The number of benzene rings is 1. The van der Waals surface area contributed by atoms with Crippen LogP contribution >= 0.6 is 12.4 Å². The van der Waals surface area contributed by atoms with Crippen molar-refractivity contribution in [3.63, 3.8) is 0 Å². The zero-order valence-electron chi connectivity index (χ0n) is 17.5. The molecule has 0 atom stereocenters. The Kier molecular flexibility index (Phi) is 8.31. The van der Waals surface area contributed by atoms with E-state index in [1.807, 2.05) is 28.9 Å². The number of amides is 2. The van der Waals surface area contributed by atoms with Crippen LogP contribution in [0.2, 0.25) is 0 Å². The van der Waals surface area contributed by atoms with Crippen molar-refractivity contribution in [3.05, 3.63) is 29.3 Å². The topological polar surface area (TPSA) is 71.1 Å². The number of hydrogen-bond donors (Lipinski definition) is 1. The van der Waals surface area contributed by atoms with Gasteiger partial charge in [0.15, 0.2) is 0 Å². The Balaban J connectivity index is 0.00000300. The van der Waals surface area contributed by atoms with Crippen LogP contribution in [0.4, 0.5) is 0 Å². The van der Waals surface area contributed by atoms with Gasteiger partial charge in [-0.15, -0.1) is 12.4 Å². The lowest BCUT2D eigenvalue weighted by molar-refractivity contribution is -0.149. The van der Waals surface area contributed by atoms with Crippen LogP contribution in [0.25, 0.3) is 0 Å². The number of piperidine rings is 1. The van der Waals surface area contributed by atoms with Gasteiger partial charge in [-0.05, 0) is 50.6 Å². The largest absolute Gasteiger partial charge is 0.496 e. The molecule has 162 valence electrons. The summed E-state index contributed by atoms with van der Waals surface area (Å²) >= 11 is 0. The Bertz CT molecular complexity index is 708. The van der Waals surface area contributed by atoms with E-state index in [1.54, 1.807) is 20.3 Å². The average molecular weight is 426 g/mol. The first-order chi connectivity index (χ1) is 13.5. The summed E-state index contributed by atoms with van der Waals surface area (Å²) < 4.78 is 10.7. The number of nitrogens with one attached hydrogen (secondary N) is 1. The van der Waals surface area contributed by atoms with Crippen molar-refractivity contribution >= 4 is 24.2 Å². The van der Waals surface area contributed by atoms with Gasteiger partial charge in [-0.1, -0.05) is 6.07 Å². The molecule has 2 aliphatic rings. The number of piperazine rings is 1. The van der Waals surface area contributed by atoms with Crippen molar-refractivity contribution in [2.45, 2.75) is 19.8 Å². The van der Waals surface area contributed by atoms with E-state index in [0.717, 1.165) is 31.5 Å². The predicted molar refractivity (Wildman–Crippen MR) is 114 cm³/mol. The molecule has 0 radical (unpaired) electrons. The molecule has 2 aliphatic heterocycles. The molecule has 2 saturated heterocycles. The first kappa shape index (κ1) is 23.4. The van der Waals surface area contributed by atoms with Gasteiger partial charge in [-0.2, -0.15) is 0 Å². The number of carbonyl (C=O) groups excluding carboxylic acids is 2. The third kappa shape index (κ3) is 5.02. The van der Waals surface area contributed by atoms with Crippen molar-refractivity contribution in [2.75, 3.05) is 60.1 Å². The lowest BCUT2D eigenvalue weighted by Crippen LogP contribution is -2.57. The number of rotatable bonds is 5. The van der Waals surface area contributed by atoms with Crippen LogP contribution in [0.5, 0.6) is 5.75 Å². The molecule has 0 bridgehead atoms. The fraction of sp³-hybridized carbons (Fsp3) is 0.619. The normalized spacial score (nSPS) is 18.7. The van der Waals surface area contributed by atoms with Crippen LogP contribution in [-0.2, 0) is 9.53 Å². The Hall–Kier alpha value is -1.83. The summed E-state index contributed by atoms with van der Waals surface area (Å²) in [6.07, 6.45) is 1.59. The molecular formula is C21H32ClN3O4. The Morgan fingerprint density at radius 3 is 2.28 bits per heavy atom. The Morgan fingerprint density at radius 1 is 1.07 bits per heavy atom. The highest BCUT2D eigenvalue weighted by molar-refractivity contribution is 5.95. The average Bonchev–Trinajstić information content (AvgIpc) is 2.74. The summed E-state index contributed by atoms with van der Waals surface area (Å²) in [4.78, 5) is 29.8. The first-order valence-corrected chi connectivity index (χ1v) is 9.94. The molecule has 7 nitrogen and oxygen atoms in total. The monoisotopic (exact) mass is 425 g/mol. The number of hydrogen-bond acceptors (Lipinski definition) is 5. The summed E-state index contributed by atoms with van der Waals surface area (Å²) in [6, 6.07) is 5.52. The van der Waals surface area contributed by atoms with Gasteiger partial charge in [-0.25, -0.2) is 0 Å². The smallest absolute Gasteiger partial charge is 0.254 e. The van der Waals surface area contributed by atoms with Gasteiger partial charge in [0.2, 0.25) is 5.91 Å². The van der Waals surface area contributed by atoms with Crippen molar-refractivity contribution < 1.29 is 19.1 Å². The van der Waals surface area contributed by atoms with Crippen molar-refractivity contribution in [1.29, 1.82) is 0 Å². The summed E-state index contributed by atoms with van der Waals surface area (Å²) in [6.45, 7) is 6.29. The standard InChI is InChI=1S/C21H31N3O4.ClH/c1-16-4-5-17(14-18(16)28-3)19(25)23-10-12-24(13-11-23)20(26)21(15-27-2)6-8-22-9-7-21;/h4-5,14,22H,6-13,15H2,1-3H3;1H. The fourth-order valence-corrected chi connectivity index (χ4v) is 4.19. The third-order valence-corrected chi connectivity index (χ3v) is 5.94. The molecule has 2 heterocycles. The Labute approximate surface area is 179 Å². The molecule has 1 N–H and O–H groups in total. The van der Waals surface area contributed by atoms with Crippen molar-refractivity contribution in [3.8, 4) is 5.75 Å². The third-order valence-electron chi connectivity index (χ3n) is 5.94. The number of halogens is 1. The fourth-order valence-electron chi connectivity index (χ4n) is 4.19. The van der Waals surface area contributed by atoms with E-state index < -0.39 is 5.41 Å². The zero-order valence-corrected chi connectivity index (χ0v) is 18.3. The minimum Gasteiger partial charge on any atom is -0.496 e. The lowest BCUT2D eigenvalue weighted by Gasteiger charge is -2.42. The molecule has 0 spiro atoms. The van der Waals surface area contributed by atoms with Gasteiger partial charge in [-0.3, -0.25) is 9.59 Å². The molecule has 1 aromatic carbocycles. The number of nitrogens with zero attached hydrogens (tertiary/aromatic N) is 2. The van der Waals surface area contributed by atoms with Gasteiger partial charge < -0.3 is 24.6 Å². The molecule has 3 rings (SSSR count). The van der Waals surface area contributed by atoms with Gasteiger partial charge in [0.05, 0.1) is 19.1 Å². The summed E-state index contributed by atoms with van der Waals surface area (Å²) in [5.41, 5.74) is 1.19. The molecule has 0 unspecified atom stereocenters. The second-order valence-corrected chi connectivity index (χ2v) is 7.73. The quantitative estimate of drug-likeness (QED) is 0.777. The molecule has 1 aromatic rings. The molecule has 2 amide bonds. The van der Waals surface area contributed by atoms with E-state index in [4.69, 9.17) is 9.47 Å². The maximum atomic E-state index is 13.2. The maximum absolute atomic E-state index is 13.2. The highest BCUT2D eigenvalue weighted by atomic mass is 35.5. The lowest BCUT2D eigenvalue weighted by atomic mass is 9.78. The highest BCUT2D eigenvalue weighted by Gasteiger charge is 2.43. The van der Waals surface area contributed by atoms with Crippen LogP contribution in [0.1, 0.15) is 28.8 Å². The second kappa shape index (κ2) is 10.3. The van der Waals surface area contributed by atoms with Crippen LogP contribution in [0.15, 0.2) is 18.2 Å². The van der Waals surface area contributed by atoms with Crippen molar-refractivity contribution in [1.82, 2.24) is 15.1 Å². The van der Waals surface area contributed by atoms with E-state index in [1.165, 1.54) is 0 Å². The van der Waals surface area contributed by atoms with Gasteiger partial charge in [0, 0.05) is 38.9 Å². The van der Waals surface area contributed by atoms with Crippen LogP contribution in [0, 0.1) is 12.3 Å². The summed E-state index contributed by atoms with van der Waals surface area (Å²) in [5.74, 6) is 0.867. The molecule has 0 aromatic heterocycles. The molecular weight excluding hydrogens is 394 g/mol. The van der Waals surface area contributed by atoms with Gasteiger partial charge in [0.25, 0.3) is 5.91 Å². The minimum atomic E-state index is -0.434. The number of methoxy groups -OCH3 is 2. The second-order valence-electron chi connectivity index (χ2n) is 7.73. The molecule has 0 saturated carbocycles. The van der Waals surface area contributed by atoms with E-state index in [2.05, 4.69) is 5.32 Å². The number of ether oxygens (including phenoxy) is 2. The SMILES string of the molecule is COCC1(C(=O)N2CCN(C(=O)c3ccc(C)c(OC)c3)CC2)CCNCC1.Cl.